The van der Waals surface area contributed by atoms with Crippen molar-refractivity contribution < 1.29 is 19.1 Å². The van der Waals surface area contributed by atoms with Gasteiger partial charge in [0.05, 0.1) is 18.1 Å². The van der Waals surface area contributed by atoms with Gasteiger partial charge in [-0.1, -0.05) is 37.3 Å². The van der Waals surface area contributed by atoms with Crippen molar-refractivity contribution in [2.75, 3.05) is 19.7 Å². The number of rotatable bonds is 9. The fourth-order valence-corrected chi connectivity index (χ4v) is 5.18. The Balaban J connectivity index is 1.65. The van der Waals surface area contributed by atoms with Gasteiger partial charge in [-0.15, -0.1) is 0 Å². The Morgan fingerprint density at radius 2 is 2.06 bits per heavy atom. The molecule has 180 valence electrons. The number of ether oxygens (including phenoxy) is 1. The molecule has 7 heteroatoms. The van der Waals surface area contributed by atoms with Crippen LogP contribution in [-0.4, -0.2) is 58.3 Å². The lowest BCUT2D eigenvalue weighted by atomic mass is 9.74. The van der Waals surface area contributed by atoms with Gasteiger partial charge in [0.1, 0.15) is 0 Å². The molecule has 2 fully saturated rings. The van der Waals surface area contributed by atoms with Gasteiger partial charge in [0.15, 0.2) is 0 Å². The Kier molecular flexibility index (Phi) is 7.41. The molecule has 3 amide bonds. The Morgan fingerprint density at radius 3 is 2.74 bits per heavy atom. The van der Waals surface area contributed by atoms with Crippen molar-refractivity contribution in [1.29, 1.82) is 0 Å². The van der Waals surface area contributed by atoms with Crippen molar-refractivity contribution in [3.63, 3.8) is 0 Å². The first-order valence-corrected chi connectivity index (χ1v) is 12.1. The van der Waals surface area contributed by atoms with Gasteiger partial charge >= 0.3 is 0 Å². The summed E-state index contributed by atoms with van der Waals surface area (Å²) >= 11 is 0. The summed E-state index contributed by atoms with van der Waals surface area (Å²) < 4.78 is 5.77. The molecule has 0 saturated carbocycles. The smallest absolute Gasteiger partial charge is 0.241 e. The average molecular weight is 464 g/mol. The minimum atomic E-state index is -1.20. The first kappa shape index (κ1) is 24.1. The van der Waals surface area contributed by atoms with E-state index in [1.807, 2.05) is 49.1 Å². The number of benzene rings is 1. The maximum atomic E-state index is 13.9. The van der Waals surface area contributed by atoms with Gasteiger partial charge in [0.2, 0.25) is 17.7 Å². The number of nitrogens with zero attached hydrogens (tertiary/aromatic N) is 3. The predicted molar refractivity (Wildman–Crippen MR) is 128 cm³/mol. The number of amides is 3. The van der Waals surface area contributed by atoms with E-state index in [1.54, 1.807) is 18.5 Å². The maximum Gasteiger partial charge on any atom is 0.241 e. The van der Waals surface area contributed by atoms with Crippen LogP contribution < -0.4 is 0 Å². The van der Waals surface area contributed by atoms with Gasteiger partial charge < -0.3 is 9.64 Å². The Hall–Kier alpha value is -3.06. The van der Waals surface area contributed by atoms with Crippen molar-refractivity contribution in [3.05, 3.63) is 65.5 Å². The molecule has 3 heterocycles. The molecule has 34 heavy (non-hydrogen) atoms. The quantitative estimate of drug-likeness (QED) is 0.533. The summed E-state index contributed by atoms with van der Waals surface area (Å²) in [6.07, 6.45) is 6.06. The summed E-state index contributed by atoms with van der Waals surface area (Å²) in [4.78, 5) is 48.0. The molecule has 2 atom stereocenters. The molecule has 2 aliphatic rings. The standard InChI is InChI=1S/C27H33N3O4/c1-3-13-29(19-22-10-7-14-34-22)24(31)15-27(23-11-5-4-8-20(23)2)16-25(32)30(26(27)33)18-21-9-6-12-28-17-21/h4-6,8-9,11-12,17,22H,3,7,10,13-16,18-19H2,1-2H3. The molecule has 2 aromatic rings. The third-order valence-corrected chi connectivity index (χ3v) is 6.88. The number of carbonyl (C=O) groups excluding carboxylic acids is 3. The second kappa shape index (κ2) is 10.5. The monoisotopic (exact) mass is 463 g/mol. The van der Waals surface area contributed by atoms with Gasteiger partial charge in [0, 0.05) is 44.9 Å². The first-order valence-electron chi connectivity index (χ1n) is 12.1. The van der Waals surface area contributed by atoms with Gasteiger partial charge in [-0.05, 0) is 48.9 Å². The van der Waals surface area contributed by atoms with Crippen molar-refractivity contribution in [2.24, 2.45) is 0 Å². The van der Waals surface area contributed by atoms with Crippen LogP contribution in [0.1, 0.15) is 55.7 Å². The van der Waals surface area contributed by atoms with Gasteiger partial charge in [0.25, 0.3) is 0 Å². The number of aromatic nitrogens is 1. The summed E-state index contributed by atoms with van der Waals surface area (Å²) in [5, 5.41) is 0. The van der Waals surface area contributed by atoms with Crippen LogP contribution >= 0.6 is 0 Å². The van der Waals surface area contributed by atoms with E-state index in [0.717, 1.165) is 42.6 Å². The normalized spacial score (nSPS) is 22.4. The van der Waals surface area contributed by atoms with Crippen LogP contribution in [-0.2, 0) is 31.1 Å². The number of hydrogen-bond donors (Lipinski definition) is 0. The van der Waals surface area contributed by atoms with Crippen molar-refractivity contribution in [2.45, 2.75) is 64.0 Å². The second-order valence-electron chi connectivity index (χ2n) is 9.37. The van der Waals surface area contributed by atoms with Crippen molar-refractivity contribution in [3.8, 4) is 0 Å². The maximum absolute atomic E-state index is 13.9. The van der Waals surface area contributed by atoms with E-state index in [1.165, 1.54) is 4.90 Å². The third kappa shape index (κ3) is 4.89. The average Bonchev–Trinajstić information content (AvgIpc) is 3.42. The lowest BCUT2D eigenvalue weighted by Gasteiger charge is -2.32. The number of aryl methyl sites for hydroxylation is 1. The van der Waals surface area contributed by atoms with E-state index in [0.29, 0.717) is 13.1 Å². The molecule has 2 unspecified atom stereocenters. The van der Waals surface area contributed by atoms with Gasteiger partial charge in [-0.3, -0.25) is 24.3 Å². The summed E-state index contributed by atoms with van der Waals surface area (Å²) in [7, 11) is 0. The highest BCUT2D eigenvalue weighted by Crippen LogP contribution is 2.42. The van der Waals surface area contributed by atoms with Gasteiger partial charge in [-0.2, -0.15) is 0 Å². The fourth-order valence-electron chi connectivity index (χ4n) is 5.18. The molecule has 7 nitrogen and oxygen atoms in total. The number of likely N-dealkylation sites (tertiary alicyclic amines) is 1. The molecule has 0 bridgehead atoms. The van der Waals surface area contributed by atoms with Crippen LogP contribution in [0.5, 0.6) is 0 Å². The summed E-state index contributed by atoms with van der Waals surface area (Å²) in [6, 6.07) is 11.2. The van der Waals surface area contributed by atoms with E-state index < -0.39 is 5.41 Å². The minimum Gasteiger partial charge on any atom is -0.376 e. The van der Waals surface area contributed by atoms with Gasteiger partial charge in [-0.25, -0.2) is 0 Å². The van der Waals surface area contributed by atoms with E-state index in [9.17, 15) is 14.4 Å². The Bertz CT molecular complexity index is 1040. The lowest BCUT2D eigenvalue weighted by Crippen LogP contribution is -2.45. The van der Waals surface area contributed by atoms with Crippen LogP contribution in [0.2, 0.25) is 0 Å². The predicted octanol–water partition coefficient (Wildman–Crippen LogP) is 3.39. The molecule has 0 radical (unpaired) electrons. The zero-order valence-electron chi connectivity index (χ0n) is 20.0. The molecule has 0 spiro atoms. The van der Waals surface area contributed by atoms with E-state index in [-0.39, 0.29) is 43.2 Å². The second-order valence-corrected chi connectivity index (χ2v) is 9.37. The molecule has 2 aliphatic heterocycles. The minimum absolute atomic E-state index is 0.0113. The Labute approximate surface area is 201 Å². The number of imide groups is 1. The zero-order chi connectivity index (χ0) is 24.1. The highest BCUT2D eigenvalue weighted by atomic mass is 16.5. The number of pyridine rings is 1. The first-order chi connectivity index (χ1) is 16.4. The lowest BCUT2D eigenvalue weighted by molar-refractivity contribution is -0.143. The van der Waals surface area contributed by atoms with Crippen molar-refractivity contribution in [1.82, 2.24) is 14.8 Å². The summed E-state index contributed by atoms with van der Waals surface area (Å²) in [5.74, 6) is -0.673. The van der Waals surface area contributed by atoms with E-state index in [4.69, 9.17) is 4.74 Å². The molecule has 1 aromatic heterocycles. The largest absolute Gasteiger partial charge is 0.376 e. The zero-order valence-corrected chi connectivity index (χ0v) is 20.0. The Morgan fingerprint density at radius 1 is 1.24 bits per heavy atom. The molecule has 2 saturated heterocycles. The van der Waals surface area contributed by atoms with Crippen LogP contribution in [0.4, 0.5) is 0 Å². The molecular formula is C27H33N3O4. The van der Waals surface area contributed by atoms with Crippen LogP contribution in [0, 0.1) is 6.92 Å². The molecule has 0 aliphatic carbocycles. The van der Waals surface area contributed by atoms with Crippen LogP contribution in [0.25, 0.3) is 0 Å². The van der Waals surface area contributed by atoms with E-state index in [2.05, 4.69) is 4.98 Å². The molecule has 1 aromatic carbocycles. The summed E-state index contributed by atoms with van der Waals surface area (Å²) in [5.41, 5.74) is 1.23. The van der Waals surface area contributed by atoms with Crippen LogP contribution in [0.3, 0.4) is 0 Å². The highest BCUT2D eigenvalue weighted by Gasteiger charge is 2.54. The number of carbonyl (C=O) groups is 3. The topological polar surface area (TPSA) is 79.8 Å². The SMILES string of the molecule is CCCN(CC1CCCO1)C(=O)CC1(c2ccccc2C)CC(=O)N(Cc2cccnc2)C1=O. The molecule has 4 rings (SSSR count). The highest BCUT2D eigenvalue weighted by molar-refractivity contribution is 6.10. The van der Waals surface area contributed by atoms with Crippen molar-refractivity contribution >= 4 is 17.7 Å². The van der Waals surface area contributed by atoms with E-state index >= 15 is 0 Å². The number of hydrogen-bond acceptors (Lipinski definition) is 5. The molecular weight excluding hydrogens is 430 g/mol. The van der Waals surface area contributed by atoms with Crippen LogP contribution in [0.15, 0.2) is 48.8 Å². The fraction of sp³-hybridized carbons (Fsp3) is 0.481. The summed E-state index contributed by atoms with van der Waals surface area (Å²) in [6.45, 7) is 5.97. The third-order valence-electron chi connectivity index (χ3n) is 6.88. The molecule has 0 N–H and O–H groups in total.